The second kappa shape index (κ2) is 8.30. The van der Waals surface area contributed by atoms with E-state index >= 15 is 0 Å². The highest BCUT2D eigenvalue weighted by atomic mass is 16.5. The average molecular weight is 389 g/mol. The zero-order valence-electron chi connectivity index (χ0n) is 16.7. The van der Waals surface area contributed by atoms with Crippen LogP contribution in [-0.2, 0) is 13.2 Å². The van der Waals surface area contributed by atoms with Gasteiger partial charge in [0.15, 0.2) is 0 Å². The maximum Gasteiger partial charge on any atom is 0.144 e. The summed E-state index contributed by atoms with van der Waals surface area (Å²) in [5, 5.41) is 1.19. The molecule has 0 aliphatic rings. The Labute approximate surface area is 177 Å². The molecular weight excluding hydrogens is 366 g/mol. The molecule has 0 saturated heterocycles. The molecule has 0 aliphatic carbocycles. The van der Waals surface area contributed by atoms with Crippen molar-refractivity contribution >= 4 is 10.9 Å². The Hall–Kier alpha value is -3.78. The standard InChI is InChI=1S/C28H23NO/c1-4-11-22(12-5-1)20-29-26(24-15-8-3-9-16-24)19-25-17-10-18-27(28(25)29)30-21-23-13-6-2-7-14-23/h1-19H,20-21H2. The Kier molecular flexibility index (Phi) is 5.05. The molecule has 0 bridgehead atoms. The van der Waals surface area contributed by atoms with Gasteiger partial charge in [0.25, 0.3) is 0 Å². The minimum absolute atomic E-state index is 0.553. The van der Waals surface area contributed by atoms with Gasteiger partial charge in [-0.15, -0.1) is 0 Å². The number of ether oxygens (including phenoxy) is 1. The van der Waals surface area contributed by atoms with Crippen molar-refractivity contribution in [2.45, 2.75) is 13.2 Å². The monoisotopic (exact) mass is 389 g/mol. The molecule has 5 rings (SSSR count). The summed E-state index contributed by atoms with van der Waals surface area (Å²) in [7, 11) is 0. The third-order valence-electron chi connectivity index (χ3n) is 5.37. The molecule has 0 spiro atoms. The van der Waals surface area contributed by atoms with Gasteiger partial charge in [-0.1, -0.05) is 103 Å². The molecule has 146 valence electrons. The van der Waals surface area contributed by atoms with Crippen LogP contribution >= 0.6 is 0 Å². The Morgan fingerprint density at radius 2 is 1.23 bits per heavy atom. The van der Waals surface area contributed by atoms with Crippen LogP contribution in [0.5, 0.6) is 5.75 Å². The third kappa shape index (κ3) is 3.72. The number of para-hydroxylation sites is 1. The van der Waals surface area contributed by atoms with Gasteiger partial charge in [0.2, 0.25) is 0 Å². The third-order valence-corrected chi connectivity index (χ3v) is 5.37. The number of hydrogen-bond donors (Lipinski definition) is 0. The molecule has 4 aromatic carbocycles. The first-order chi connectivity index (χ1) is 14.9. The van der Waals surface area contributed by atoms with Crippen molar-refractivity contribution in [2.75, 3.05) is 0 Å². The summed E-state index contributed by atoms with van der Waals surface area (Å²) in [6.45, 7) is 1.34. The maximum atomic E-state index is 6.31. The van der Waals surface area contributed by atoms with E-state index in [9.17, 15) is 0 Å². The number of aromatic nitrogens is 1. The van der Waals surface area contributed by atoms with E-state index in [1.807, 2.05) is 18.2 Å². The summed E-state index contributed by atoms with van der Waals surface area (Å²) >= 11 is 0. The normalized spacial score (nSPS) is 10.9. The van der Waals surface area contributed by atoms with Crippen molar-refractivity contribution in [1.82, 2.24) is 4.57 Å². The lowest BCUT2D eigenvalue weighted by atomic mass is 10.1. The van der Waals surface area contributed by atoms with Gasteiger partial charge in [-0.3, -0.25) is 0 Å². The van der Waals surface area contributed by atoms with Gasteiger partial charge in [-0.05, 0) is 28.8 Å². The predicted octanol–water partition coefficient (Wildman–Crippen LogP) is 6.94. The fourth-order valence-electron chi connectivity index (χ4n) is 3.92. The Balaban J connectivity index is 1.62. The van der Waals surface area contributed by atoms with Gasteiger partial charge in [0.05, 0.1) is 5.52 Å². The Morgan fingerprint density at radius 3 is 1.93 bits per heavy atom. The molecule has 0 radical (unpaired) electrons. The van der Waals surface area contributed by atoms with Gasteiger partial charge < -0.3 is 9.30 Å². The molecule has 0 N–H and O–H groups in total. The number of benzene rings is 4. The van der Waals surface area contributed by atoms with Crippen LogP contribution in [0.2, 0.25) is 0 Å². The Bertz CT molecular complexity index is 1240. The van der Waals surface area contributed by atoms with Gasteiger partial charge in [0, 0.05) is 17.6 Å². The molecule has 2 nitrogen and oxygen atoms in total. The summed E-state index contributed by atoms with van der Waals surface area (Å²) in [5.74, 6) is 0.912. The molecule has 30 heavy (non-hydrogen) atoms. The molecule has 0 saturated carbocycles. The first-order valence-corrected chi connectivity index (χ1v) is 10.3. The van der Waals surface area contributed by atoms with Crippen molar-refractivity contribution < 1.29 is 4.74 Å². The number of hydrogen-bond acceptors (Lipinski definition) is 1. The molecule has 2 heteroatoms. The van der Waals surface area contributed by atoms with Crippen molar-refractivity contribution in [3.05, 3.63) is 126 Å². The van der Waals surface area contributed by atoms with E-state index in [4.69, 9.17) is 4.74 Å². The molecule has 0 aliphatic heterocycles. The zero-order valence-corrected chi connectivity index (χ0v) is 16.7. The first kappa shape index (κ1) is 18.3. The van der Waals surface area contributed by atoms with E-state index < -0.39 is 0 Å². The lowest BCUT2D eigenvalue weighted by Gasteiger charge is -2.14. The van der Waals surface area contributed by atoms with Crippen molar-refractivity contribution in [1.29, 1.82) is 0 Å². The lowest BCUT2D eigenvalue weighted by Crippen LogP contribution is -2.04. The summed E-state index contributed by atoms with van der Waals surface area (Å²) in [6, 6.07) is 40.1. The minimum atomic E-state index is 0.553. The largest absolute Gasteiger partial charge is 0.487 e. The number of nitrogens with zero attached hydrogens (tertiary/aromatic N) is 1. The van der Waals surface area contributed by atoms with Crippen LogP contribution in [0.3, 0.4) is 0 Å². The van der Waals surface area contributed by atoms with E-state index in [0.29, 0.717) is 6.61 Å². The highest BCUT2D eigenvalue weighted by molar-refractivity contribution is 5.91. The molecule has 1 aromatic heterocycles. The fourth-order valence-corrected chi connectivity index (χ4v) is 3.92. The minimum Gasteiger partial charge on any atom is -0.487 e. The fraction of sp³-hybridized carbons (Fsp3) is 0.0714. The second-order valence-electron chi connectivity index (χ2n) is 7.44. The maximum absolute atomic E-state index is 6.31. The molecule has 0 fully saturated rings. The summed E-state index contributed by atoms with van der Waals surface area (Å²) in [6.07, 6.45) is 0. The Morgan fingerprint density at radius 1 is 0.600 bits per heavy atom. The van der Waals surface area contributed by atoms with Crippen LogP contribution in [0.1, 0.15) is 11.1 Å². The molecule has 0 amide bonds. The average Bonchev–Trinajstić information content (AvgIpc) is 3.18. The molecule has 5 aromatic rings. The summed E-state index contributed by atoms with van der Waals surface area (Å²) in [4.78, 5) is 0. The van der Waals surface area contributed by atoms with Crippen LogP contribution in [-0.4, -0.2) is 4.57 Å². The van der Waals surface area contributed by atoms with Crippen LogP contribution in [0, 0.1) is 0 Å². The SMILES string of the molecule is c1ccc(COc2cccc3cc(-c4ccccc4)n(Cc4ccccc4)c23)cc1. The van der Waals surface area contributed by atoms with Crippen LogP contribution in [0.25, 0.3) is 22.2 Å². The second-order valence-corrected chi connectivity index (χ2v) is 7.44. The number of rotatable bonds is 6. The topological polar surface area (TPSA) is 14.2 Å². The highest BCUT2D eigenvalue weighted by Gasteiger charge is 2.15. The molecular formula is C28H23NO. The van der Waals surface area contributed by atoms with E-state index in [1.165, 1.54) is 27.8 Å². The van der Waals surface area contributed by atoms with Gasteiger partial charge in [-0.2, -0.15) is 0 Å². The smallest absolute Gasteiger partial charge is 0.144 e. The number of fused-ring (bicyclic) bond motifs is 1. The highest BCUT2D eigenvalue weighted by Crippen LogP contribution is 2.35. The zero-order chi connectivity index (χ0) is 20.2. The van der Waals surface area contributed by atoms with E-state index in [1.54, 1.807) is 0 Å². The van der Waals surface area contributed by atoms with Crippen molar-refractivity contribution in [3.8, 4) is 17.0 Å². The van der Waals surface area contributed by atoms with Gasteiger partial charge in [0.1, 0.15) is 12.4 Å². The predicted molar refractivity (Wildman–Crippen MR) is 124 cm³/mol. The van der Waals surface area contributed by atoms with Crippen LogP contribution in [0.15, 0.2) is 115 Å². The quantitative estimate of drug-likeness (QED) is 0.307. The van der Waals surface area contributed by atoms with Crippen molar-refractivity contribution in [3.63, 3.8) is 0 Å². The van der Waals surface area contributed by atoms with Crippen LogP contribution in [0.4, 0.5) is 0 Å². The van der Waals surface area contributed by atoms with Crippen molar-refractivity contribution in [2.24, 2.45) is 0 Å². The summed E-state index contributed by atoms with van der Waals surface area (Å²) in [5.41, 5.74) is 5.98. The first-order valence-electron chi connectivity index (χ1n) is 10.3. The molecule has 0 atom stereocenters. The van der Waals surface area contributed by atoms with Gasteiger partial charge >= 0.3 is 0 Å². The van der Waals surface area contributed by atoms with E-state index in [-0.39, 0.29) is 0 Å². The van der Waals surface area contributed by atoms with E-state index in [0.717, 1.165) is 17.8 Å². The van der Waals surface area contributed by atoms with E-state index in [2.05, 4.69) is 102 Å². The molecule has 1 heterocycles. The summed E-state index contributed by atoms with van der Waals surface area (Å²) < 4.78 is 8.69. The van der Waals surface area contributed by atoms with Crippen LogP contribution < -0.4 is 4.74 Å². The van der Waals surface area contributed by atoms with Gasteiger partial charge in [-0.25, -0.2) is 0 Å². The lowest BCUT2D eigenvalue weighted by molar-refractivity contribution is 0.309. The molecule has 0 unspecified atom stereocenters.